The predicted molar refractivity (Wildman–Crippen MR) is 131 cm³/mol. The summed E-state index contributed by atoms with van der Waals surface area (Å²) in [5, 5.41) is 11.4. The summed E-state index contributed by atoms with van der Waals surface area (Å²) in [6.07, 6.45) is 1.57. The molecule has 2 aromatic rings. The Labute approximate surface area is 200 Å². The molecule has 0 spiro atoms. The number of unbranched alkanes of at least 4 members (excludes halogenated alkanes) is 1. The number of benzene rings is 2. The molecule has 1 atom stereocenters. The number of hydrogen-bond acceptors (Lipinski definition) is 6. The van der Waals surface area contributed by atoms with Gasteiger partial charge in [-0.1, -0.05) is 39.3 Å². The average molecular weight is 468 g/mol. The molecule has 34 heavy (non-hydrogen) atoms. The third kappa shape index (κ3) is 4.47. The van der Waals surface area contributed by atoms with E-state index in [2.05, 4.69) is 0 Å². The molecule has 1 saturated heterocycles. The third-order valence-corrected chi connectivity index (χ3v) is 6.15. The van der Waals surface area contributed by atoms with Crippen LogP contribution in [0.4, 0.5) is 0 Å². The summed E-state index contributed by atoms with van der Waals surface area (Å²) in [5.41, 5.74) is 1.95. The first-order chi connectivity index (χ1) is 16.3. The highest BCUT2D eigenvalue weighted by Gasteiger charge is 2.47. The van der Waals surface area contributed by atoms with E-state index in [1.807, 2.05) is 20.8 Å². The topological polar surface area (TPSA) is 85.3 Å². The van der Waals surface area contributed by atoms with Gasteiger partial charge in [0.1, 0.15) is 11.5 Å². The van der Waals surface area contributed by atoms with Crippen LogP contribution in [-0.2, 0) is 9.59 Å². The van der Waals surface area contributed by atoms with Crippen molar-refractivity contribution in [3.8, 4) is 17.2 Å². The molecule has 182 valence electrons. The summed E-state index contributed by atoms with van der Waals surface area (Å²) in [6, 6.07) is 9.77. The second-order valence-electron chi connectivity index (χ2n) is 8.54. The molecule has 0 aromatic heterocycles. The van der Waals surface area contributed by atoms with E-state index in [0.717, 1.165) is 18.4 Å². The minimum Gasteiger partial charge on any atom is -0.507 e. The molecule has 1 aliphatic heterocycles. The Morgan fingerprint density at radius 1 is 1.03 bits per heavy atom. The number of aliphatic hydroxyl groups excluding tert-OH is 1. The molecule has 0 aliphatic carbocycles. The minimum absolute atomic E-state index is 0.0347. The second kappa shape index (κ2) is 10.6. The molecule has 0 saturated carbocycles. The van der Waals surface area contributed by atoms with Crippen molar-refractivity contribution >= 4 is 17.4 Å². The number of ketones is 1. The van der Waals surface area contributed by atoms with Crippen molar-refractivity contribution in [3.63, 3.8) is 0 Å². The average Bonchev–Trinajstić information content (AvgIpc) is 3.10. The van der Waals surface area contributed by atoms with Gasteiger partial charge >= 0.3 is 0 Å². The Bertz CT molecular complexity index is 1100. The highest BCUT2D eigenvalue weighted by molar-refractivity contribution is 6.46. The van der Waals surface area contributed by atoms with Crippen LogP contribution in [0.1, 0.15) is 62.3 Å². The van der Waals surface area contributed by atoms with Gasteiger partial charge in [0.25, 0.3) is 11.7 Å². The van der Waals surface area contributed by atoms with Crippen LogP contribution >= 0.6 is 0 Å². The largest absolute Gasteiger partial charge is 0.507 e. The van der Waals surface area contributed by atoms with Gasteiger partial charge in [-0.3, -0.25) is 9.59 Å². The zero-order chi connectivity index (χ0) is 25.0. The summed E-state index contributed by atoms with van der Waals surface area (Å²) in [4.78, 5) is 27.9. The van der Waals surface area contributed by atoms with E-state index in [9.17, 15) is 14.7 Å². The highest BCUT2D eigenvalue weighted by atomic mass is 16.5. The monoisotopic (exact) mass is 467 g/mol. The number of Topliss-reactive ketones (excluding diaryl/α,β-unsaturated/α-hetero) is 1. The normalized spacial score (nSPS) is 17.4. The van der Waals surface area contributed by atoms with Crippen molar-refractivity contribution in [3.05, 3.63) is 58.7 Å². The number of ether oxygens (including phenoxy) is 3. The quantitative estimate of drug-likeness (QED) is 0.315. The number of methoxy groups -OCH3 is 3. The molecule has 7 nitrogen and oxygen atoms in total. The molecule has 1 aliphatic rings. The third-order valence-electron chi connectivity index (χ3n) is 6.15. The van der Waals surface area contributed by atoms with E-state index in [-0.39, 0.29) is 17.3 Å². The molecular weight excluding hydrogens is 434 g/mol. The van der Waals surface area contributed by atoms with Gasteiger partial charge in [0, 0.05) is 17.7 Å². The number of hydrogen-bond donors (Lipinski definition) is 1. The van der Waals surface area contributed by atoms with Crippen LogP contribution < -0.4 is 14.2 Å². The summed E-state index contributed by atoms with van der Waals surface area (Å²) < 4.78 is 16.5. The van der Waals surface area contributed by atoms with Gasteiger partial charge in [0.05, 0.1) is 32.9 Å². The van der Waals surface area contributed by atoms with Gasteiger partial charge in [-0.25, -0.2) is 0 Å². The molecule has 0 radical (unpaired) electrons. The van der Waals surface area contributed by atoms with Crippen LogP contribution in [0, 0.1) is 0 Å². The molecule has 1 amide bonds. The van der Waals surface area contributed by atoms with Crippen molar-refractivity contribution < 1.29 is 28.9 Å². The number of aliphatic hydroxyl groups is 1. The van der Waals surface area contributed by atoms with E-state index in [1.165, 1.54) is 19.1 Å². The summed E-state index contributed by atoms with van der Waals surface area (Å²) in [5.74, 6) is 0.143. The molecule has 7 heteroatoms. The second-order valence-corrected chi connectivity index (χ2v) is 8.54. The fourth-order valence-corrected chi connectivity index (χ4v) is 4.38. The number of amides is 1. The fraction of sp³-hybridized carbons (Fsp3) is 0.407. The van der Waals surface area contributed by atoms with E-state index < -0.39 is 17.7 Å². The summed E-state index contributed by atoms with van der Waals surface area (Å²) in [7, 11) is 4.63. The standard InChI is InChI=1S/C27H33NO6/c1-7-8-14-28-23(18-10-9-11-21(33-5)26(18)34-6)22(25(30)27(28)31)24(29)17-12-13-20(32-4)19(15-17)16(2)3/h9-13,15-16,23,29H,7-8,14H2,1-6H3/b24-22+. The molecule has 1 fully saturated rings. The number of carbonyl (C=O) groups excluding carboxylic acids is 2. The molecule has 1 heterocycles. The molecule has 1 unspecified atom stereocenters. The van der Waals surface area contributed by atoms with E-state index in [4.69, 9.17) is 14.2 Å². The fourth-order valence-electron chi connectivity index (χ4n) is 4.38. The highest BCUT2D eigenvalue weighted by Crippen LogP contribution is 2.46. The van der Waals surface area contributed by atoms with E-state index in [0.29, 0.717) is 34.9 Å². The summed E-state index contributed by atoms with van der Waals surface area (Å²) in [6.45, 7) is 6.43. The predicted octanol–water partition coefficient (Wildman–Crippen LogP) is 5.06. The number of rotatable bonds is 9. The minimum atomic E-state index is -0.804. The maximum Gasteiger partial charge on any atom is 0.295 e. The molecule has 3 rings (SSSR count). The lowest BCUT2D eigenvalue weighted by Crippen LogP contribution is -2.30. The maximum atomic E-state index is 13.3. The number of nitrogens with zero attached hydrogens (tertiary/aromatic N) is 1. The van der Waals surface area contributed by atoms with Crippen LogP contribution in [0.25, 0.3) is 5.76 Å². The van der Waals surface area contributed by atoms with Crippen LogP contribution in [0.3, 0.4) is 0 Å². The van der Waals surface area contributed by atoms with Crippen LogP contribution in [-0.4, -0.2) is 49.6 Å². The van der Waals surface area contributed by atoms with Gasteiger partial charge in [-0.05, 0) is 42.2 Å². The Hall–Kier alpha value is -3.48. The molecule has 0 bridgehead atoms. The van der Waals surface area contributed by atoms with Gasteiger partial charge in [0.2, 0.25) is 0 Å². The van der Waals surface area contributed by atoms with Gasteiger partial charge in [-0.15, -0.1) is 0 Å². The zero-order valence-corrected chi connectivity index (χ0v) is 20.7. The lowest BCUT2D eigenvalue weighted by molar-refractivity contribution is -0.139. The van der Waals surface area contributed by atoms with E-state index in [1.54, 1.807) is 43.5 Å². The van der Waals surface area contributed by atoms with E-state index >= 15 is 0 Å². The Balaban J connectivity index is 2.27. The maximum absolute atomic E-state index is 13.3. The number of para-hydroxylation sites is 1. The van der Waals surface area contributed by atoms with Crippen LogP contribution in [0.2, 0.25) is 0 Å². The Kier molecular flexibility index (Phi) is 7.87. The van der Waals surface area contributed by atoms with Crippen molar-refractivity contribution in [2.24, 2.45) is 0 Å². The smallest absolute Gasteiger partial charge is 0.295 e. The zero-order valence-electron chi connectivity index (χ0n) is 20.7. The van der Waals surface area contributed by atoms with Gasteiger partial charge in [0.15, 0.2) is 11.5 Å². The Morgan fingerprint density at radius 3 is 2.32 bits per heavy atom. The summed E-state index contributed by atoms with van der Waals surface area (Å²) >= 11 is 0. The van der Waals surface area contributed by atoms with Crippen molar-refractivity contribution in [2.75, 3.05) is 27.9 Å². The van der Waals surface area contributed by atoms with Crippen molar-refractivity contribution in [2.45, 2.75) is 45.6 Å². The first kappa shape index (κ1) is 25.1. The van der Waals surface area contributed by atoms with Gasteiger partial charge in [-0.2, -0.15) is 0 Å². The molecule has 1 N–H and O–H groups in total. The first-order valence-corrected chi connectivity index (χ1v) is 11.5. The van der Waals surface area contributed by atoms with Crippen LogP contribution in [0.5, 0.6) is 17.2 Å². The first-order valence-electron chi connectivity index (χ1n) is 11.5. The number of carbonyl (C=O) groups is 2. The van der Waals surface area contributed by atoms with Crippen molar-refractivity contribution in [1.82, 2.24) is 4.90 Å². The SMILES string of the molecule is CCCCN1C(=O)C(=O)/C(=C(/O)c2ccc(OC)c(C(C)C)c2)C1c1cccc(OC)c1OC. The van der Waals surface area contributed by atoms with Gasteiger partial charge < -0.3 is 24.2 Å². The lowest BCUT2D eigenvalue weighted by atomic mass is 9.92. The molecule has 2 aromatic carbocycles. The Morgan fingerprint density at radius 2 is 1.74 bits per heavy atom. The van der Waals surface area contributed by atoms with Crippen molar-refractivity contribution in [1.29, 1.82) is 0 Å². The lowest BCUT2D eigenvalue weighted by Gasteiger charge is -2.27. The number of likely N-dealkylation sites (tertiary alicyclic amines) is 1. The van der Waals surface area contributed by atoms with Crippen LogP contribution in [0.15, 0.2) is 42.0 Å². The molecular formula is C27H33NO6.